The molecule has 1 rings (SSSR count). The van der Waals surface area contributed by atoms with Crippen molar-refractivity contribution < 1.29 is 33.8 Å². The van der Waals surface area contributed by atoms with Crippen LogP contribution < -0.4 is 33.2 Å². The van der Waals surface area contributed by atoms with Gasteiger partial charge in [-0.1, -0.05) is 30.3 Å². The number of primary amides is 1. The van der Waals surface area contributed by atoms with E-state index in [-0.39, 0.29) is 32.0 Å². The molecule has 10 N–H and O–H groups in total. The molecule has 0 radical (unpaired) electrons. The van der Waals surface area contributed by atoms with Crippen LogP contribution in [0.4, 0.5) is 4.79 Å². The molecule has 192 valence electrons. The highest BCUT2D eigenvalue weighted by atomic mass is 16.5. The Hall–Kier alpha value is -4.36. The maximum Gasteiger partial charge on any atom is 0.407 e. The minimum atomic E-state index is -1.29. The Morgan fingerprint density at radius 2 is 1.66 bits per heavy atom. The Morgan fingerprint density at radius 3 is 2.26 bits per heavy atom. The maximum atomic E-state index is 12.6. The molecule has 14 heteroatoms. The number of carbonyl (C=O) groups excluding carboxylic acids is 4. The van der Waals surface area contributed by atoms with Crippen LogP contribution in [0.15, 0.2) is 35.3 Å². The summed E-state index contributed by atoms with van der Waals surface area (Å²) >= 11 is 0. The molecule has 0 saturated carbocycles. The van der Waals surface area contributed by atoms with Gasteiger partial charge in [0.05, 0.1) is 0 Å². The molecule has 2 atom stereocenters. The number of hydrogen-bond acceptors (Lipinski definition) is 7. The quantitative estimate of drug-likeness (QED) is 0.0834. The first-order chi connectivity index (χ1) is 16.6. The summed E-state index contributed by atoms with van der Waals surface area (Å²) in [6.45, 7) is -0.328. The molecule has 4 amide bonds. The summed E-state index contributed by atoms with van der Waals surface area (Å²) in [4.78, 5) is 63.1. The van der Waals surface area contributed by atoms with E-state index >= 15 is 0 Å². The van der Waals surface area contributed by atoms with Crippen molar-refractivity contribution in [2.75, 3.05) is 13.1 Å². The fourth-order valence-corrected chi connectivity index (χ4v) is 2.77. The molecule has 0 aliphatic rings. The van der Waals surface area contributed by atoms with Crippen LogP contribution in [0.5, 0.6) is 0 Å². The first kappa shape index (κ1) is 28.7. The number of amides is 4. The van der Waals surface area contributed by atoms with Crippen LogP contribution in [-0.4, -0.2) is 66.0 Å². The molecule has 0 aliphatic carbocycles. The zero-order valence-corrected chi connectivity index (χ0v) is 19.1. The fourth-order valence-electron chi connectivity index (χ4n) is 2.77. The van der Waals surface area contributed by atoms with Crippen molar-refractivity contribution in [2.24, 2.45) is 22.2 Å². The summed E-state index contributed by atoms with van der Waals surface area (Å²) < 4.78 is 4.99. The van der Waals surface area contributed by atoms with E-state index in [1.807, 2.05) is 6.07 Å². The second-order valence-corrected chi connectivity index (χ2v) is 7.38. The van der Waals surface area contributed by atoms with Gasteiger partial charge in [-0.05, 0) is 24.8 Å². The number of alkyl carbamates (subject to hydrolysis) is 1. The van der Waals surface area contributed by atoms with E-state index in [4.69, 9.17) is 27.0 Å². The molecular weight excluding hydrogens is 462 g/mol. The molecule has 0 aliphatic heterocycles. The molecule has 1 aromatic carbocycles. The number of benzene rings is 1. The number of carbonyl (C=O) groups is 5. The van der Waals surface area contributed by atoms with Gasteiger partial charge in [-0.3, -0.25) is 24.2 Å². The number of carboxylic acids is 1. The lowest BCUT2D eigenvalue weighted by Gasteiger charge is -2.21. The first-order valence-electron chi connectivity index (χ1n) is 10.7. The van der Waals surface area contributed by atoms with E-state index in [9.17, 15) is 24.0 Å². The van der Waals surface area contributed by atoms with Crippen molar-refractivity contribution in [1.29, 1.82) is 0 Å². The largest absolute Gasteiger partial charge is 0.481 e. The molecule has 0 heterocycles. The lowest BCUT2D eigenvalue weighted by Crippen LogP contribution is -2.54. The lowest BCUT2D eigenvalue weighted by molar-refractivity contribution is -0.138. The number of hydrogen-bond donors (Lipinski definition) is 7. The topological polar surface area (TPSA) is 241 Å². The minimum Gasteiger partial charge on any atom is -0.481 e. The average Bonchev–Trinajstić information content (AvgIpc) is 2.81. The van der Waals surface area contributed by atoms with Crippen molar-refractivity contribution in [3.05, 3.63) is 35.9 Å². The molecule has 0 saturated heterocycles. The summed E-state index contributed by atoms with van der Waals surface area (Å²) in [7, 11) is 0. The Kier molecular flexibility index (Phi) is 12.7. The highest BCUT2D eigenvalue weighted by Gasteiger charge is 2.26. The highest BCUT2D eigenvalue weighted by molar-refractivity contribution is 5.92. The van der Waals surface area contributed by atoms with Gasteiger partial charge >= 0.3 is 12.1 Å². The van der Waals surface area contributed by atoms with E-state index in [0.29, 0.717) is 6.42 Å². The second kappa shape index (κ2) is 15.5. The molecular formula is C21H31N7O7. The smallest absolute Gasteiger partial charge is 0.407 e. The van der Waals surface area contributed by atoms with E-state index < -0.39 is 54.8 Å². The number of carboxylic acid groups (broad SMARTS) is 1. The molecule has 0 fully saturated rings. The second-order valence-electron chi connectivity index (χ2n) is 7.38. The van der Waals surface area contributed by atoms with Crippen LogP contribution in [0.2, 0.25) is 0 Å². The number of aliphatic carboxylic acids is 1. The van der Waals surface area contributed by atoms with Crippen LogP contribution in [0.3, 0.4) is 0 Å². The van der Waals surface area contributed by atoms with Crippen LogP contribution >= 0.6 is 0 Å². The predicted octanol–water partition coefficient (Wildman–Crippen LogP) is -1.71. The third kappa shape index (κ3) is 13.1. The summed E-state index contributed by atoms with van der Waals surface area (Å²) in [6, 6.07) is 6.49. The van der Waals surface area contributed by atoms with Crippen molar-refractivity contribution >= 4 is 35.7 Å². The van der Waals surface area contributed by atoms with Crippen LogP contribution in [0, 0.1) is 0 Å². The first-order valence-corrected chi connectivity index (χ1v) is 10.7. The van der Waals surface area contributed by atoms with E-state index in [2.05, 4.69) is 20.9 Å². The predicted molar refractivity (Wildman–Crippen MR) is 124 cm³/mol. The highest BCUT2D eigenvalue weighted by Crippen LogP contribution is 2.03. The van der Waals surface area contributed by atoms with Crippen molar-refractivity contribution in [2.45, 2.75) is 44.4 Å². The Balaban J connectivity index is 2.61. The zero-order chi connectivity index (χ0) is 26.2. The van der Waals surface area contributed by atoms with Crippen LogP contribution in [-0.2, 0) is 30.5 Å². The fraction of sp³-hybridized carbons (Fsp3) is 0.429. The third-order valence-electron chi connectivity index (χ3n) is 4.51. The third-order valence-corrected chi connectivity index (χ3v) is 4.51. The lowest BCUT2D eigenvalue weighted by atomic mass is 10.1. The van der Waals surface area contributed by atoms with Gasteiger partial charge in [-0.15, -0.1) is 0 Å². The van der Waals surface area contributed by atoms with Crippen LogP contribution in [0.25, 0.3) is 0 Å². The Morgan fingerprint density at radius 1 is 0.971 bits per heavy atom. The van der Waals surface area contributed by atoms with Gasteiger partial charge in [0.2, 0.25) is 17.7 Å². The van der Waals surface area contributed by atoms with Gasteiger partial charge in [0.25, 0.3) is 0 Å². The van der Waals surface area contributed by atoms with Crippen molar-refractivity contribution in [1.82, 2.24) is 16.0 Å². The number of nitrogens with one attached hydrogen (secondary N) is 3. The number of nitrogens with zero attached hydrogens (tertiary/aromatic N) is 1. The van der Waals surface area contributed by atoms with E-state index in [0.717, 1.165) is 5.56 Å². The summed E-state index contributed by atoms with van der Waals surface area (Å²) in [5.74, 6) is -3.72. The molecule has 14 nitrogen and oxygen atoms in total. The Labute approximate surface area is 201 Å². The van der Waals surface area contributed by atoms with Crippen LogP contribution in [0.1, 0.15) is 31.2 Å². The molecule has 1 aromatic rings. The monoisotopic (exact) mass is 493 g/mol. The molecule has 0 spiro atoms. The average molecular weight is 494 g/mol. The number of nitrogens with two attached hydrogens (primary N) is 3. The van der Waals surface area contributed by atoms with Gasteiger partial charge in [-0.2, -0.15) is 0 Å². The molecule has 35 heavy (non-hydrogen) atoms. The van der Waals surface area contributed by atoms with Gasteiger partial charge < -0.3 is 43.0 Å². The molecule has 0 unspecified atom stereocenters. The van der Waals surface area contributed by atoms with Gasteiger partial charge in [-0.25, -0.2) is 4.79 Å². The number of rotatable bonds is 15. The van der Waals surface area contributed by atoms with Gasteiger partial charge in [0, 0.05) is 13.0 Å². The van der Waals surface area contributed by atoms with E-state index in [1.54, 1.807) is 24.3 Å². The van der Waals surface area contributed by atoms with Gasteiger partial charge in [0.15, 0.2) is 5.96 Å². The summed E-state index contributed by atoms with van der Waals surface area (Å²) in [5.41, 5.74) is 16.5. The number of ether oxygens (including phenoxy) is 1. The minimum absolute atomic E-state index is 0.00434. The van der Waals surface area contributed by atoms with Crippen molar-refractivity contribution in [3.63, 3.8) is 0 Å². The van der Waals surface area contributed by atoms with E-state index in [1.165, 1.54) is 0 Å². The standard InChI is InChI=1S/C21H31N7O7/c22-18(32)14(7-4-10-25-20(23)24)28-19(33)15(8-9-17(30)31)27-16(29)11-26-21(34)35-12-13-5-2-1-3-6-13/h1-3,5-6,14-15H,4,7-12H2,(H2,22,32)(H,26,34)(H,27,29)(H,28,33)(H,30,31)(H4,23,24,25)/t14-,15-/m0/s1. The summed E-state index contributed by atoms with van der Waals surface area (Å²) in [6.07, 6.45) is -1.11. The maximum absolute atomic E-state index is 12.6. The SMILES string of the molecule is NC(=O)[C@H](CCCN=C(N)N)NC(=O)[C@H](CCC(=O)O)NC(=O)CNC(=O)OCc1ccccc1. The normalized spacial score (nSPS) is 11.9. The zero-order valence-electron chi connectivity index (χ0n) is 19.1. The number of aliphatic imine (C=N–C) groups is 1. The Bertz CT molecular complexity index is 905. The van der Waals surface area contributed by atoms with Gasteiger partial charge in [0.1, 0.15) is 25.2 Å². The summed E-state index contributed by atoms with van der Waals surface area (Å²) in [5, 5.41) is 15.9. The number of guanidine groups is 1. The molecule has 0 bridgehead atoms. The van der Waals surface area contributed by atoms with Crippen molar-refractivity contribution in [3.8, 4) is 0 Å². The molecule has 0 aromatic heterocycles.